The Morgan fingerprint density at radius 1 is 1.05 bits per heavy atom. The largest absolute Gasteiger partial charge is 0.497 e. The standard InChI is InChI=1S/C14H21O5P/c1-4-17-20(15,18-5-2)19-12-6-7-13-8-10-14(16-3)11-9-13/h6-11H,4-5,12H2,1-3H3/b7-6+. The lowest BCUT2D eigenvalue weighted by atomic mass is 10.2. The van der Waals surface area contributed by atoms with Gasteiger partial charge in [-0.05, 0) is 31.5 Å². The van der Waals surface area contributed by atoms with Gasteiger partial charge in [-0.2, -0.15) is 0 Å². The Morgan fingerprint density at radius 2 is 1.65 bits per heavy atom. The molecule has 0 aliphatic rings. The molecule has 0 aliphatic carbocycles. The smallest absolute Gasteiger partial charge is 0.475 e. The third-order valence-corrected chi connectivity index (χ3v) is 3.94. The first-order valence-electron chi connectivity index (χ1n) is 6.47. The van der Waals surface area contributed by atoms with Crippen molar-refractivity contribution < 1.29 is 22.9 Å². The van der Waals surface area contributed by atoms with Crippen molar-refractivity contribution in [3.05, 3.63) is 35.9 Å². The van der Waals surface area contributed by atoms with Crippen LogP contribution < -0.4 is 4.74 Å². The molecule has 0 aliphatic heterocycles. The number of phosphoric ester groups is 1. The van der Waals surface area contributed by atoms with Gasteiger partial charge < -0.3 is 4.74 Å². The first-order chi connectivity index (χ1) is 9.63. The Bertz CT molecular complexity index is 445. The molecule has 1 rings (SSSR count). The fourth-order valence-corrected chi connectivity index (χ4v) is 2.59. The molecule has 0 spiro atoms. The van der Waals surface area contributed by atoms with Crippen LogP contribution in [0.5, 0.6) is 5.75 Å². The third-order valence-electron chi connectivity index (χ3n) is 2.33. The van der Waals surface area contributed by atoms with Gasteiger partial charge in [0.25, 0.3) is 0 Å². The summed E-state index contributed by atoms with van der Waals surface area (Å²) in [4.78, 5) is 0. The molecule has 0 radical (unpaired) electrons. The topological polar surface area (TPSA) is 54.0 Å². The van der Waals surface area contributed by atoms with E-state index in [0.29, 0.717) is 0 Å². The van der Waals surface area contributed by atoms with Crippen LogP contribution >= 0.6 is 7.82 Å². The van der Waals surface area contributed by atoms with E-state index in [9.17, 15) is 4.57 Å². The highest BCUT2D eigenvalue weighted by atomic mass is 31.2. The Labute approximate surface area is 120 Å². The minimum Gasteiger partial charge on any atom is -0.497 e. The van der Waals surface area contributed by atoms with Crippen molar-refractivity contribution in [3.63, 3.8) is 0 Å². The molecule has 20 heavy (non-hydrogen) atoms. The summed E-state index contributed by atoms with van der Waals surface area (Å²) in [5.41, 5.74) is 0.997. The number of methoxy groups -OCH3 is 1. The normalized spacial score (nSPS) is 11.9. The molecule has 0 saturated heterocycles. The van der Waals surface area contributed by atoms with Gasteiger partial charge in [-0.1, -0.05) is 24.3 Å². The quantitative estimate of drug-likeness (QED) is 0.647. The van der Waals surface area contributed by atoms with E-state index in [4.69, 9.17) is 18.3 Å². The van der Waals surface area contributed by atoms with E-state index in [1.165, 1.54) is 0 Å². The molecule has 0 atom stereocenters. The second kappa shape index (κ2) is 8.93. The van der Waals surface area contributed by atoms with Crippen molar-refractivity contribution in [3.8, 4) is 5.75 Å². The molecule has 0 saturated carbocycles. The summed E-state index contributed by atoms with van der Waals surface area (Å²) in [5.74, 6) is 0.801. The maximum Gasteiger partial charge on any atom is 0.475 e. The molecule has 5 nitrogen and oxygen atoms in total. The number of hydrogen-bond donors (Lipinski definition) is 0. The minimum absolute atomic E-state index is 0.156. The summed E-state index contributed by atoms with van der Waals surface area (Å²) in [6.07, 6.45) is 3.62. The molecule has 0 unspecified atom stereocenters. The first kappa shape index (κ1) is 16.9. The Hall–Kier alpha value is -1.13. The van der Waals surface area contributed by atoms with Crippen molar-refractivity contribution in [2.24, 2.45) is 0 Å². The Balaban J connectivity index is 2.48. The van der Waals surface area contributed by atoms with Crippen LogP contribution in [0.3, 0.4) is 0 Å². The minimum atomic E-state index is -3.42. The molecule has 0 N–H and O–H groups in total. The summed E-state index contributed by atoms with van der Waals surface area (Å²) in [6, 6.07) is 7.57. The van der Waals surface area contributed by atoms with Crippen LogP contribution in [0.15, 0.2) is 30.3 Å². The molecule has 1 aromatic carbocycles. The second-order valence-electron chi connectivity index (χ2n) is 3.75. The van der Waals surface area contributed by atoms with Crippen molar-refractivity contribution in [2.75, 3.05) is 26.9 Å². The lowest BCUT2D eigenvalue weighted by Gasteiger charge is -2.15. The van der Waals surface area contributed by atoms with E-state index in [-0.39, 0.29) is 19.8 Å². The molecular formula is C14H21O5P. The highest BCUT2D eigenvalue weighted by molar-refractivity contribution is 7.48. The van der Waals surface area contributed by atoms with Crippen LogP contribution in [-0.2, 0) is 18.1 Å². The van der Waals surface area contributed by atoms with Crippen molar-refractivity contribution in [2.45, 2.75) is 13.8 Å². The predicted octanol–water partition coefficient (Wildman–Crippen LogP) is 3.91. The van der Waals surface area contributed by atoms with E-state index in [1.807, 2.05) is 30.3 Å². The predicted molar refractivity (Wildman–Crippen MR) is 78.8 cm³/mol. The highest BCUT2D eigenvalue weighted by Crippen LogP contribution is 2.49. The SMILES string of the molecule is CCOP(=O)(OCC)OC/C=C/c1ccc(OC)cc1. The monoisotopic (exact) mass is 300 g/mol. The Morgan fingerprint density at radius 3 is 2.15 bits per heavy atom. The average molecular weight is 300 g/mol. The van der Waals surface area contributed by atoms with E-state index >= 15 is 0 Å². The van der Waals surface area contributed by atoms with E-state index in [2.05, 4.69) is 0 Å². The lowest BCUT2D eigenvalue weighted by molar-refractivity contribution is 0.131. The van der Waals surface area contributed by atoms with Crippen LogP contribution in [0.25, 0.3) is 6.08 Å². The van der Waals surface area contributed by atoms with Gasteiger partial charge in [-0.3, -0.25) is 13.6 Å². The first-order valence-corrected chi connectivity index (χ1v) is 7.94. The lowest BCUT2D eigenvalue weighted by Crippen LogP contribution is -2.00. The fourth-order valence-electron chi connectivity index (χ4n) is 1.46. The fraction of sp³-hybridized carbons (Fsp3) is 0.429. The number of phosphoric acid groups is 1. The molecule has 0 bridgehead atoms. The van der Waals surface area contributed by atoms with Crippen LogP contribution in [0.1, 0.15) is 19.4 Å². The zero-order valence-corrected chi connectivity index (χ0v) is 13.0. The van der Waals surface area contributed by atoms with Crippen molar-refractivity contribution >= 4 is 13.9 Å². The number of hydrogen-bond acceptors (Lipinski definition) is 5. The summed E-state index contributed by atoms with van der Waals surface area (Å²) in [5, 5.41) is 0. The zero-order chi connectivity index (χ0) is 14.8. The third kappa shape index (κ3) is 5.88. The number of benzene rings is 1. The Kier molecular flexibility index (Phi) is 7.55. The molecule has 112 valence electrons. The summed E-state index contributed by atoms with van der Waals surface area (Å²) in [6.45, 7) is 4.19. The molecule has 0 aromatic heterocycles. The molecule has 0 heterocycles. The highest BCUT2D eigenvalue weighted by Gasteiger charge is 2.24. The van der Waals surface area contributed by atoms with Crippen LogP contribution in [0.4, 0.5) is 0 Å². The summed E-state index contributed by atoms with van der Waals surface area (Å²) in [7, 11) is -1.80. The molecule has 6 heteroatoms. The van der Waals surface area contributed by atoms with Crippen LogP contribution in [0.2, 0.25) is 0 Å². The van der Waals surface area contributed by atoms with Crippen LogP contribution in [-0.4, -0.2) is 26.9 Å². The van der Waals surface area contributed by atoms with Gasteiger partial charge in [0.05, 0.1) is 26.9 Å². The van der Waals surface area contributed by atoms with Gasteiger partial charge >= 0.3 is 7.82 Å². The summed E-state index contributed by atoms with van der Waals surface area (Å²) >= 11 is 0. The van der Waals surface area contributed by atoms with Crippen molar-refractivity contribution in [1.29, 1.82) is 0 Å². The maximum atomic E-state index is 12.0. The van der Waals surface area contributed by atoms with Crippen LogP contribution in [0, 0.1) is 0 Å². The second-order valence-corrected chi connectivity index (χ2v) is 5.42. The molecular weight excluding hydrogens is 279 g/mol. The van der Waals surface area contributed by atoms with E-state index in [0.717, 1.165) is 11.3 Å². The van der Waals surface area contributed by atoms with E-state index < -0.39 is 7.82 Å². The molecule has 1 aromatic rings. The van der Waals surface area contributed by atoms with Gasteiger partial charge in [0, 0.05) is 0 Å². The van der Waals surface area contributed by atoms with Gasteiger partial charge in [-0.15, -0.1) is 0 Å². The zero-order valence-electron chi connectivity index (χ0n) is 12.1. The average Bonchev–Trinajstić information content (AvgIpc) is 2.45. The van der Waals surface area contributed by atoms with Gasteiger partial charge in [0.2, 0.25) is 0 Å². The molecule has 0 amide bonds. The van der Waals surface area contributed by atoms with E-state index in [1.54, 1.807) is 27.0 Å². The van der Waals surface area contributed by atoms with Gasteiger partial charge in [0.15, 0.2) is 0 Å². The van der Waals surface area contributed by atoms with Crippen molar-refractivity contribution in [1.82, 2.24) is 0 Å². The maximum absolute atomic E-state index is 12.0. The van der Waals surface area contributed by atoms with Gasteiger partial charge in [-0.25, -0.2) is 4.57 Å². The van der Waals surface area contributed by atoms with Gasteiger partial charge in [0.1, 0.15) is 5.75 Å². The number of rotatable bonds is 9. The summed E-state index contributed by atoms with van der Waals surface area (Å²) < 4.78 is 32.3. The number of ether oxygens (including phenoxy) is 1. The molecule has 0 fully saturated rings.